The van der Waals surface area contributed by atoms with E-state index in [0.717, 1.165) is 34.5 Å². The molecule has 0 saturated carbocycles. The number of thiophene rings is 1. The summed E-state index contributed by atoms with van der Waals surface area (Å²) in [5.74, 6) is -0.237. The predicted octanol–water partition coefficient (Wildman–Crippen LogP) is 5.48. The largest absolute Gasteiger partial charge is 0.322 e. The molecule has 0 unspecified atom stereocenters. The van der Waals surface area contributed by atoms with Crippen LogP contribution in [0.5, 0.6) is 0 Å². The van der Waals surface area contributed by atoms with Crippen LogP contribution in [0.25, 0.3) is 16.8 Å². The second kappa shape index (κ2) is 8.17. The summed E-state index contributed by atoms with van der Waals surface area (Å²) in [7, 11) is -3.28. The van der Waals surface area contributed by atoms with Crippen molar-refractivity contribution in [3.05, 3.63) is 88.4 Å². The maximum absolute atomic E-state index is 13.0. The minimum absolute atomic E-state index is 0.216. The van der Waals surface area contributed by atoms with E-state index in [9.17, 15) is 13.2 Å². The van der Waals surface area contributed by atoms with Gasteiger partial charge in [0.1, 0.15) is 0 Å². The Hall–Kier alpha value is -3.16. The molecule has 2 aromatic carbocycles. The van der Waals surface area contributed by atoms with Gasteiger partial charge in [-0.2, -0.15) is 11.3 Å². The van der Waals surface area contributed by atoms with Crippen molar-refractivity contribution in [2.75, 3.05) is 11.6 Å². The highest BCUT2D eigenvalue weighted by molar-refractivity contribution is 7.90. The first-order valence-corrected chi connectivity index (χ1v) is 12.5. The third kappa shape index (κ3) is 4.19. The quantitative estimate of drug-likeness (QED) is 0.438. The molecule has 31 heavy (non-hydrogen) atoms. The van der Waals surface area contributed by atoms with Crippen molar-refractivity contribution in [1.29, 1.82) is 0 Å². The molecule has 0 bridgehead atoms. The topological polar surface area (TPSA) is 68.2 Å². The number of benzene rings is 2. The molecule has 1 amide bonds. The molecule has 0 radical (unpaired) electrons. The average Bonchev–Trinajstić information content (AvgIpc) is 3.36. The number of nitrogens with one attached hydrogen (secondary N) is 1. The molecule has 0 aliphatic heterocycles. The monoisotopic (exact) mass is 450 g/mol. The minimum Gasteiger partial charge on any atom is -0.322 e. The van der Waals surface area contributed by atoms with E-state index in [-0.39, 0.29) is 10.8 Å². The van der Waals surface area contributed by atoms with Crippen LogP contribution in [0.3, 0.4) is 0 Å². The number of anilines is 1. The van der Waals surface area contributed by atoms with Crippen LogP contribution in [-0.2, 0) is 9.84 Å². The summed E-state index contributed by atoms with van der Waals surface area (Å²) < 4.78 is 25.4. The van der Waals surface area contributed by atoms with Gasteiger partial charge in [-0.15, -0.1) is 0 Å². The van der Waals surface area contributed by atoms with Crippen molar-refractivity contribution < 1.29 is 13.2 Å². The molecular formula is C24H22N2O3S2. The summed E-state index contributed by atoms with van der Waals surface area (Å²) in [6.45, 7) is 3.91. The highest BCUT2D eigenvalue weighted by atomic mass is 32.2. The Labute approximate surface area is 185 Å². The van der Waals surface area contributed by atoms with Gasteiger partial charge in [0.05, 0.1) is 16.1 Å². The first-order chi connectivity index (χ1) is 14.8. The molecular weight excluding hydrogens is 428 g/mol. The molecule has 0 aliphatic rings. The van der Waals surface area contributed by atoms with Gasteiger partial charge >= 0.3 is 0 Å². The fourth-order valence-electron chi connectivity index (χ4n) is 3.68. The maximum atomic E-state index is 13.0. The van der Waals surface area contributed by atoms with Crippen molar-refractivity contribution in [3.63, 3.8) is 0 Å². The van der Waals surface area contributed by atoms with Crippen LogP contribution < -0.4 is 5.32 Å². The van der Waals surface area contributed by atoms with Gasteiger partial charge in [-0.1, -0.05) is 18.2 Å². The van der Waals surface area contributed by atoms with Gasteiger partial charge in [0, 0.05) is 28.9 Å². The van der Waals surface area contributed by atoms with E-state index >= 15 is 0 Å². The van der Waals surface area contributed by atoms with Crippen molar-refractivity contribution in [3.8, 4) is 16.8 Å². The zero-order valence-corrected chi connectivity index (χ0v) is 19.0. The van der Waals surface area contributed by atoms with Crippen LogP contribution in [0, 0.1) is 13.8 Å². The maximum Gasteiger partial charge on any atom is 0.257 e. The van der Waals surface area contributed by atoms with Crippen LogP contribution in [-0.4, -0.2) is 25.1 Å². The summed E-state index contributed by atoms with van der Waals surface area (Å²) in [5, 5.41) is 7.03. The third-order valence-corrected chi connectivity index (χ3v) is 7.00. The van der Waals surface area contributed by atoms with Gasteiger partial charge in [-0.25, -0.2) is 8.42 Å². The van der Waals surface area contributed by atoms with E-state index in [4.69, 9.17) is 0 Å². The van der Waals surface area contributed by atoms with Gasteiger partial charge < -0.3 is 9.88 Å². The van der Waals surface area contributed by atoms with Crippen LogP contribution >= 0.6 is 11.3 Å². The molecule has 2 aromatic heterocycles. The van der Waals surface area contributed by atoms with Crippen molar-refractivity contribution >= 4 is 32.8 Å². The number of carbonyl (C=O) groups excluding carboxylic acids is 1. The van der Waals surface area contributed by atoms with Gasteiger partial charge in [0.2, 0.25) is 0 Å². The number of aryl methyl sites for hydroxylation is 1. The number of sulfone groups is 1. The SMILES string of the molecule is Cc1cc(C(=O)Nc2ccc(S(C)(=O)=O)cc2)c(C)n1-c1ccccc1-c1ccsc1. The Balaban J connectivity index is 1.67. The zero-order valence-electron chi connectivity index (χ0n) is 17.4. The highest BCUT2D eigenvalue weighted by Gasteiger charge is 2.19. The Bertz CT molecular complexity index is 1350. The number of carbonyl (C=O) groups is 1. The van der Waals surface area contributed by atoms with Crippen molar-refractivity contribution in [1.82, 2.24) is 4.57 Å². The lowest BCUT2D eigenvalue weighted by Crippen LogP contribution is -2.13. The van der Waals surface area contributed by atoms with Crippen LogP contribution in [0.1, 0.15) is 21.7 Å². The zero-order chi connectivity index (χ0) is 22.2. The fraction of sp³-hybridized carbons (Fsp3) is 0.125. The second-order valence-electron chi connectivity index (χ2n) is 7.40. The normalized spacial score (nSPS) is 11.5. The Morgan fingerprint density at radius 3 is 2.35 bits per heavy atom. The van der Waals surface area contributed by atoms with Gasteiger partial charge in [0.25, 0.3) is 5.91 Å². The first-order valence-electron chi connectivity index (χ1n) is 9.68. The Kier molecular flexibility index (Phi) is 5.56. The van der Waals surface area contributed by atoms with Crippen LogP contribution in [0.4, 0.5) is 5.69 Å². The summed E-state index contributed by atoms with van der Waals surface area (Å²) >= 11 is 1.65. The smallest absolute Gasteiger partial charge is 0.257 e. The first kappa shape index (κ1) is 21.1. The highest BCUT2D eigenvalue weighted by Crippen LogP contribution is 2.31. The predicted molar refractivity (Wildman–Crippen MR) is 126 cm³/mol. The lowest BCUT2D eigenvalue weighted by atomic mass is 10.1. The van der Waals surface area contributed by atoms with Gasteiger partial charge in [-0.3, -0.25) is 4.79 Å². The molecule has 158 valence electrons. The minimum atomic E-state index is -3.28. The van der Waals surface area contributed by atoms with E-state index in [1.54, 1.807) is 23.5 Å². The molecule has 7 heteroatoms. The van der Waals surface area contributed by atoms with E-state index in [1.165, 1.54) is 12.1 Å². The second-order valence-corrected chi connectivity index (χ2v) is 10.2. The standard InChI is InChI=1S/C24H22N2O3S2/c1-16-14-22(24(27)25-19-8-10-20(11-9-19)31(3,28)29)17(2)26(16)23-7-5-4-6-21(23)18-12-13-30-15-18/h4-15H,1-3H3,(H,25,27). The number of aromatic nitrogens is 1. The number of hydrogen-bond acceptors (Lipinski definition) is 4. The molecule has 0 aliphatic carbocycles. The van der Waals surface area contributed by atoms with Crippen molar-refractivity contribution in [2.24, 2.45) is 0 Å². The number of hydrogen-bond donors (Lipinski definition) is 1. The number of nitrogens with zero attached hydrogens (tertiary/aromatic N) is 1. The summed E-state index contributed by atoms with van der Waals surface area (Å²) in [4.78, 5) is 13.2. The van der Waals surface area contributed by atoms with Crippen LogP contribution in [0.15, 0.2) is 76.3 Å². The van der Waals surface area contributed by atoms with E-state index < -0.39 is 9.84 Å². The molecule has 0 atom stereocenters. The Morgan fingerprint density at radius 2 is 1.71 bits per heavy atom. The number of amides is 1. The summed E-state index contributed by atoms with van der Waals surface area (Å²) in [6, 6.07) is 18.3. The lowest BCUT2D eigenvalue weighted by Gasteiger charge is -2.14. The lowest BCUT2D eigenvalue weighted by molar-refractivity contribution is 0.102. The molecule has 0 saturated heterocycles. The van der Waals surface area contributed by atoms with Crippen molar-refractivity contribution in [2.45, 2.75) is 18.7 Å². The van der Waals surface area contributed by atoms with E-state index in [2.05, 4.69) is 38.8 Å². The Morgan fingerprint density at radius 1 is 1.00 bits per heavy atom. The van der Waals surface area contributed by atoms with E-state index in [0.29, 0.717) is 11.3 Å². The van der Waals surface area contributed by atoms with Gasteiger partial charge in [0.15, 0.2) is 9.84 Å². The number of para-hydroxylation sites is 1. The van der Waals surface area contributed by atoms with Gasteiger partial charge in [-0.05, 0) is 72.6 Å². The molecule has 1 N–H and O–H groups in total. The van der Waals surface area contributed by atoms with E-state index in [1.807, 2.05) is 32.0 Å². The number of rotatable bonds is 5. The fourth-order valence-corrected chi connectivity index (χ4v) is 4.96. The summed E-state index contributed by atoms with van der Waals surface area (Å²) in [5.41, 5.74) is 6.18. The van der Waals surface area contributed by atoms with Crippen LogP contribution in [0.2, 0.25) is 0 Å². The molecule has 4 rings (SSSR count). The third-order valence-electron chi connectivity index (χ3n) is 5.19. The molecule has 0 spiro atoms. The molecule has 0 fully saturated rings. The average molecular weight is 451 g/mol. The summed E-state index contributed by atoms with van der Waals surface area (Å²) in [6.07, 6.45) is 1.16. The molecule has 2 heterocycles. The molecule has 4 aromatic rings. The molecule has 5 nitrogen and oxygen atoms in total.